The lowest BCUT2D eigenvalue weighted by molar-refractivity contribution is -0.122. The number of thiocarbonyl (C=S) groups is 1. The number of carbonyl (C=O) groups excluding carboxylic acids is 2. The van der Waals surface area contributed by atoms with Gasteiger partial charge >= 0.3 is 0 Å². The number of nitrogens with one attached hydrogen (secondary N) is 1. The molecule has 1 fully saturated rings. The van der Waals surface area contributed by atoms with Gasteiger partial charge in [-0.2, -0.15) is 0 Å². The molecule has 0 bridgehead atoms. The van der Waals surface area contributed by atoms with Gasteiger partial charge in [-0.15, -0.1) is 0 Å². The van der Waals surface area contributed by atoms with Crippen molar-refractivity contribution >= 4 is 46.6 Å². The zero-order chi connectivity index (χ0) is 21.0. The molecule has 0 saturated carbocycles. The van der Waals surface area contributed by atoms with Crippen LogP contribution in [0.15, 0.2) is 66.3 Å². The van der Waals surface area contributed by atoms with E-state index in [0.717, 1.165) is 23.2 Å². The van der Waals surface area contributed by atoms with Crippen molar-refractivity contribution in [1.29, 1.82) is 0 Å². The molecule has 0 spiro atoms. The third-order valence-electron chi connectivity index (χ3n) is 4.67. The predicted molar refractivity (Wildman–Crippen MR) is 122 cm³/mol. The van der Waals surface area contributed by atoms with Crippen LogP contribution in [0, 0.1) is 0 Å². The van der Waals surface area contributed by atoms with Gasteiger partial charge in [0.25, 0.3) is 11.8 Å². The monoisotopic (exact) mass is 405 g/mol. The van der Waals surface area contributed by atoms with E-state index in [1.54, 1.807) is 6.08 Å². The second-order valence-electron chi connectivity index (χ2n) is 6.85. The van der Waals surface area contributed by atoms with Crippen molar-refractivity contribution in [2.45, 2.75) is 13.3 Å². The Bertz CT molecular complexity index is 990. The molecular weight excluding hydrogens is 382 g/mol. The van der Waals surface area contributed by atoms with E-state index in [9.17, 15) is 9.59 Å². The second kappa shape index (κ2) is 8.84. The summed E-state index contributed by atoms with van der Waals surface area (Å²) in [7, 11) is 3.96. The van der Waals surface area contributed by atoms with Crippen molar-refractivity contribution in [3.8, 4) is 0 Å². The van der Waals surface area contributed by atoms with E-state index < -0.39 is 11.8 Å². The zero-order valence-corrected chi connectivity index (χ0v) is 17.5. The number of aryl methyl sites for hydroxylation is 1. The molecule has 2 aromatic carbocycles. The van der Waals surface area contributed by atoms with Gasteiger partial charge in [0.2, 0.25) is 0 Å². The molecule has 6 heteroatoms. The van der Waals surface area contributed by atoms with Gasteiger partial charge in [0, 0.05) is 19.8 Å². The molecule has 29 heavy (non-hydrogen) atoms. The molecule has 0 aromatic heterocycles. The first-order valence-corrected chi connectivity index (χ1v) is 9.76. The van der Waals surface area contributed by atoms with Crippen molar-refractivity contribution in [3.05, 3.63) is 77.4 Å². The average Bonchev–Trinajstić information content (AvgIpc) is 2.71. The van der Waals surface area contributed by atoms with Gasteiger partial charge in [0.1, 0.15) is 5.57 Å². The maximum Gasteiger partial charge on any atom is 0.270 e. The quantitative estimate of drug-likeness (QED) is 0.468. The number of nitrogens with zero attached hydrogens (tertiary/aromatic N) is 2. The van der Waals surface area contributed by atoms with Gasteiger partial charge in [-0.05, 0) is 60.1 Å². The Balaban J connectivity index is 1.82. The number of hydrogen-bond acceptors (Lipinski definition) is 4. The Kier molecular flexibility index (Phi) is 6.24. The molecule has 1 aliphatic heterocycles. The van der Waals surface area contributed by atoms with Gasteiger partial charge in [-0.3, -0.25) is 19.8 Å². The molecule has 0 unspecified atom stereocenters. The molecule has 0 radical (unpaired) electrons. The summed E-state index contributed by atoms with van der Waals surface area (Å²) in [4.78, 5) is 28.6. The van der Waals surface area contributed by atoms with Gasteiger partial charge in [-0.25, -0.2) is 0 Å². The summed E-state index contributed by atoms with van der Waals surface area (Å²) in [5.41, 5.74) is 3.90. The minimum atomic E-state index is -0.492. The fourth-order valence-electron chi connectivity index (χ4n) is 2.93. The predicted octanol–water partition coefficient (Wildman–Crippen LogP) is 3.70. The van der Waals surface area contributed by atoms with Crippen LogP contribution < -0.4 is 15.1 Å². The van der Waals surface area contributed by atoms with E-state index in [1.165, 1.54) is 11.0 Å². The molecule has 0 aliphatic carbocycles. The van der Waals surface area contributed by atoms with E-state index >= 15 is 0 Å². The minimum absolute atomic E-state index is 0.0410. The third kappa shape index (κ3) is 4.60. The molecule has 2 amide bonds. The number of amides is 2. The smallest absolute Gasteiger partial charge is 0.270 e. The Morgan fingerprint density at radius 3 is 2.28 bits per heavy atom. The number of anilines is 2. The summed E-state index contributed by atoms with van der Waals surface area (Å²) in [6.45, 7) is 2.06. The summed E-state index contributed by atoms with van der Waals surface area (Å²) < 4.78 is 0. The summed E-state index contributed by atoms with van der Waals surface area (Å²) in [6.07, 6.45) is 5.97. The molecule has 3 rings (SSSR count). The van der Waals surface area contributed by atoms with Gasteiger partial charge in [-0.1, -0.05) is 43.3 Å². The summed E-state index contributed by atoms with van der Waals surface area (Å²) in [6, 6.07) is 15.5. The van der Waals surface area contributed by atoms with Crippen molar-refractivity contribution < 1.29 is 9.59 Å². The fourth-order valence-corrected chi connectivity index (χ4v) is 3.21. The second-order valence-corrected chi connectivity index (χ2v) is 7.23. The molecule has 1 N–H and O–H groups in total. The van der Waals surface area contributed by atoms with Crippen LogP contribution in [0.1, 0.15) is 18.1 Å². The van der Waals surface area contributed by atoms with Crippen molar-refractivity contribution in [1.82, 2.24) is 5.32 Å². The average molecular weight is 406 g/mol. The van der Waals surface area contributed by atoms with E-state index in [4.69, 9.17) is 12.2 Å². The van der Waals surface area contributed by atoms with Crippen LogP contribution in [0.25, 0.3) is 6.08 Å². The molecule has 148 valence electrons. The number of hydrogen-bond donors (Lipinski definition) is 1. The highest BCUT2D eigenvalue weighted by atomic mass is 32.1. The number of rotatable bonds is 5. The summed E-state index contributed by atoms with van der Waals surface area (Å²) >= 11 is 5.22. The largest absolute Gasteiger partial charge is 0.378 e. The minimum Gasteiger partial charge on any atom is -0.378 e. The van der Waals surface area contributed by atoms with Crippen LogP contribution >= 0.6 is 12.2 Å². The van der Waals surface area contributed by atoms with E-state index in [-0.39, 0.29) is 10.7 Å². The Morgan fingerprint density at radius 1 is 1.03 bits per heavy atom. The highest BCUT2D eigenvalue weighted by Crippen LogP contribution is 2.21. The highest BCUT2D eigenvalue weighted by Gasteiger charge is 2.33. The summed E-state index contributed by atoms with van der Waals surface area (Å²) in [5.74, 6) is -0.926. The number of benzene rings is 2. The molecule has 1 heterocycles. The molecule has 0 atom stereocenters. The van der Waals surface area contributed by atoms with Crippen LogP contribution in [-0.2, 0) is 16.0 Å². The van der Waals surface area contributed by atoms with E-state index in [1.807, 2.05) is 73.6 Å². The Labute approximate surface area is 176 Å². The SMILES string of the molecule is CCc1ccc(N2C(=O)/C(=C/C=C/c3ccc(N(C)C)cc3)C(=O)NC2=S)cc1. The van der Waals surface area contributed by atoms with E-state index in [0.29, 0.717) is 5.69 Å². The first-order valence-electron chi connectivity index (χ1n) is 9.35. The van der Waals surface area contributed by atoms with Crippen LogP contribution in [0.4, 0.5) is 11.4 Å². The lowest BCUT2D eigenvalue weighted by Crippen LogP contribution is -2.54. The normalized spacial score (nSPS) is 15.9. The first kappa shape index (κ1) is 20.5. The zero-order valence-electron chi connectivity index (χ0n) is 16.7. The molecule has 1 aliphatic rings. The van der Waals surface area contributed by atoms with Crippen molar-refractivity contribution in [3.63, 3.8) is 0 Å². The van der Waals surface area contributed by atoms with Crippen LogP contribution in [0.3, 0.4) is 0 Å². The number of allylic oxidation sites excluding steroid dienone is 2. The van der Waals surface area contributed by atoms with Gasteiger partial charge in [0.05, 0.1) is 5.69 Å². The van der Waals surface area contributed by atoms with Crippen LogP contribution in [-0.4, -0.2) is 31.0 Å². The number of carbonyl (C=O) groups is 2. The van der Waals surface area contributed by atoms with Gasteiger partial charge < -0.3 is 4.90 Å². The van der Waals surface area contributed by atoms with E-state index in [2.05, 4.69) is 12.2 Å². The third-order valence-corrected chi connectivity index (χ3v) is 4.95. The standard InChI is InChI=1S/C23H23N3O2S/c1-4-16-8-14-19(15-9-16)26-22(28)20(21(27)24-23(26)29)7-5-6-17-10-12-18(13-11-17)25(2)3/h5-15H,4H2,1-3H3,(H,24,27,29)/b6-5+,20-7+. The molecule has 1 saturated heterocycles. The Hall–Kier alpha value is -3.25. The highest BCUT2D eigenvalue weighted by molar-refractivity contribution is 7.80. The first-order chi connectivity index (χ1) is 13.9. The molecule has 5 nitrogen and oxygen atoms in total. The van der Waals surface area contributed by atoms with Crippen LogP contribution in [0.2, 0.25) is 0 Å². The fraction of sp³-hybridized carbons (Fsp3) is 0.174. The van der Waals surface area contributed by atoms with Crippen LogP contribution in [0.5, 0.6) is 0 Å². The summed E-state index contributed by atoms with van der Waals surface area (Å²) in [5, 5.41) is 2.68. The molecule has 2 aromatic rings. The van der Waals surface area contributed by atoms with Crippen molar-refractivity contribution in [2.24, 2.45) is 0 Å². The van der Waals surface area contributed by atoms with Crippen molar-refractivity contribution in [2.75, 3.05) is 23.9 Å². The molecular formula is C23H23N3O2S. The lowest BCUT2D eigenvalue weighted by Gasteiger charge is -2.28. The maximum absolute atomic E-state index is 12.9. The van der Waals surface area contributed by atoms with Gasteiger partial charge in [0.15, 0.2) is 5.11 Å². The lowest BCUT2D eigenvalue weighted by atomic mass is 10.1. The maximum atomic E-state index is 12.9. The topological polar surface area (TPSA) is 52.7 Å². The Morgan fingerprint density at radius 2 is 1.69 bits per heavy atom.